The van der Waals surface area contributed by atoms with Crippen LogP contribution in [0.15, 0.2) is 36.4 Å². The van der Waals surface area contributed by atoms with Crippen LogP contribution in [0.2, 0.25) is 0 Å². The predicted molar refractivity (Wildman–Crippen MR) is 85.3 cm³/mol. The molecule has 2 rings (SSSR count). The molecule has 0 amide bonds. The van der Waals surface area contributed by atoms with Crippen LogP contribution in [0.5, 0.6) is 5.75 Å². The van der Waals surface area contributed by atoms with Crippen LogP contribution in [0, 0.1) is 5.41 Å². The van der Waals surface area contributed by atoms with Gasteiger partial charge >= 0.3 is 0 Å². The number of hydrogen-bond acceptors (Lipinski definition) is 3. The maximum Gasteiger partial charge on any atom is 0.123 e. The van der Waals surface area contributed by atoms with Crippen LogP contribution in [0.25, 0.3) is 10.8 Å². The van der Waals surface area contributed by atoms with Gasteiger partial charge in [0.2, 0.25) is 0 Å². The van der Waals surface area contributed by atoms with Gasteiger partial charge in [0.15, 0.2) is 0 Å². The van der Waals surface area contributed by atoms with Crippen molar-refractivity contribution in [3.8, 4) is 5.75 Å². The minimum absolute atomic E-state index is 0. The van der Waals surface area contributed by atoms with Gasteiger partial charge in [-0.3, -0.25) is 0 Å². The second-order valence-electron chi connectivity index (χ2n) is 6.06. The molecular formula is C16H22ClNO2. The van der Waals surface area contributed by atoms with Gasteiger partial charge < -0.3 is 15.9 Å². The van der Waals surface area contributed by atoms with E-state index in [0.717, 1.165) is 16.3 Å². The number of aliphatic hydroxyl groups is 1. The van der Waals surface area contributed by atoms with Gasteiger partial charge in [-0.15, -0.1) is 12.4 Å². The summed E-state index contributed by atoms with van der Waals surface area (Å²) in [7, 11) is 0. The molecule has 0 unspecified atom stereocenters. The fourth-order valence-electron chi connectivity index (χ4n) is 2.31. The Bertz CT molecular complexity index is 593. The Morgan fingerprint density at radius 1 is 1.00 bits per heavy atom. The lowest BCUT2D eigenvalue weighted by Gasteiger charge is -2.31. The Kier molecular flexibility index (Phi) is 5.03. The molecule has 0 aliphatic carbocycles. The number of fused-ring (bicyclic) bond motifs is 1. The summed E-state index contributed by atoms with van der Waals surface area (Å²) in [5.41, 5.74) is 6.77. The second-order valence-corrected chi connectivity index (χ2v) is 6.06. The zero-order chi connectivity index (χ0) is 14.2. The minimum atomic E-state index is -0.652. The van der Waals surface area contributed by atoms with E-state index < -0.39 is 12.1 Å². The molecule has 2 atom stereocenters. The van der Waals surface area contributed by atoms with Gasteiger partial charge in [-0.05, 0) is 22.4 Å². The molecule has 0 bridgehead atoms. The molecule has 0 aliphatic heterocycles. The summed E-state index contributed by atoms with van der Waals surface area (Å²) >= 11 is 0. The number of aliphatic hydroxyl groups excluding tert-OH is 1. The Morgan fingerprint density at radius 2 is 1.55 bits per heavy atom. The molecule has 20 heavy (non-hydrogen) atoms. The summed E-state index contributed by atoms with van der Waals surface area (Å²) in [6, 6.07) is 10.5. The quantitative estimate of drug-likeness (QED) is 0.796. The molecule has 4 heteroatoms. The maximum atomic E-state index is 10.3. The highest BCUT2D eigenvalue weighted by Gasteiger charge is 2.30. The van der Waals surface area contributed by atoms with Gasteiger partial charge in [0.1, 0.15) is 5.75 Å². The summed E-state index contributed by atoms with van der Waals surface area (Å²) in [5, 5.41) is 21.9. The van der Waals surface area contributed by atoms with Crippen molar-refractivity contribution in [2.24, 2.45) is 11.1 Å². The molecule has 110 valence electrons. The highest BCUT2D eigenvalue weighted by atomic mass is 35.5. The monoisotopic (exact) mass is 295 g/mol. The summed E-state index contributed by atoms with van der Waals surface area (Å²) < 4.78 is 0. The second kappa shape index (κ2) is 6.00. The van der Waals surface area contributed by atoms with Crippen molar-refractivity contribution in [1.82, 2.24) is 0 Å². The number of phenolic OH excluding ortho intramolecular Hbond substituents is 1. The highest BCUT2D eigenvalue weighted by Crippen LogP contribution is 2.34. The van der Waals surface area contributed by atoms with E-state index in [2.05, 4.69) is 0 Å². The van der Waals surface area contributed by atoms with Crippen molar-refractivity contribution < 1.29 is 10.2 Å². The first-order chi connectivity index (χ1) is 8.82. The van der Waals surface area contributed by atoms with Crippen LogP contribution in [-0.4, -0.2) is 16.3 Å². The number of halogens is 1. The standard InChI is InChI=1S/C16H21NO2.ClH/c1-16(2,3)15(19)14(17)12-8-9-13(18)11-7-5-4-6-10(11)12;/h4-9,14-15,18-19H,17H2,1-3H3;1H/t14-,15-;/m1./s1. The van der Waals surface area contributed by atoms with Gasteiger partial charge in [-0.25, -0.2) is 0 Å². The number of benzene rings is 2. The molecule has 2 aromatic rings. The lowest BCUT2D eigenvalue weighted by Crippen LogP contribution is -2.37. The van der Waals surface area contributed by atoms with Gasteiger partial charge in [0.05, 0.1) is 12.1 Å². The zero-order valence-electron chi connectivity index (χ0n) is 12.0. The number of aromatic hydroxyl groups is 1. The average Bonchev–Trinajstić information content (AvgIpc) is 2.37. The fourth-order valence-corrected chi connectivity index (χ4v) is 2.31. The van der Waals surface area contributed by atoms with Crippen molar-refractivity contribution in [1.29, 1.82) is 0 Å². The normalized spacial score (nSPS) is 14.7. The molecule has 0 radical (unpaired) electrons. The SMILES string of the molecule is CC(C)(C)[C@H](O)[C@H](N)c1ccc(O)c2ccccc12.Cl. The van der Waals surface area contributed by atoms with Crippen molar-refractivity contribution in [2.45, 2.75) is 32.9 Å². The van der Waals surface area contributed by atoms with Crippen molar-refractivity contribution >= 4 is 23.2 Å². The molecule has 0 heterocycles. The molecule has 0 aliphatic rings. The van der Waals surface area contributed by atoms with Crippen LogP contribution >= 0.6 is 12.4 Å². The summed E-state index contributed by atoms with van der Waals surface area (Å²) in [4.78, 5) is 0. The first-order valence-corrected chi connectivity index (χ1v) is 6.46. The zero-order valence-corrected chi connectivity index (χ0v) is 12.8. The molecule has 0 spiro atoms. The Hall–Kier alpha value is -1.29. The largest absolute Gasteiger partial charge is 0.507 e. The molecule has 0 saturated carbocycles. The van der Waals surface area contributed by atoms with Gasteiger partial charge in [0, 0.05) is 5.39 Å². The van der Waals surface area contributed by atoms with Crippen LogP contribution in [-0.2, 0) is 0 Å². The van der Waals surface area contributed by atoms with Crippen LogP contribution in [0.1, 0.15) is 32.4 Å². The Balaban J connectivity index is 0.00000200. The van der Waals surface area contributed by atoms with E-state index in [1.807, 2.05) is 45.0 Å². The van der Waals surface area contributed by atoms with E-state index in [-0.39, 0.29) is 23.6 Å². The molecule has 2 aromatic carbocycles. The summed E-state index contributed by atoms with van der Waals surface area (Å²) in [6.07, 6.45) is -0.652. The van der Waals surface area contributed by atoms with Crippen molar-refractivity contribution in [3.05, 3.63) is 42.0 Å². The topological polar surface area (TPSA) is 66.5 Å². The van der Waals surface area contributed by atoms with E-state index in [0.29, 0.717) is 0 Å². The molecular weight excluding hydrogens is 274 g/mol. The number of phenols is 1. The van der Waals surface area contributed by atoms with E-state index in [4.69, 9.17) is 5.73 Å². The molecule has 4 N–H and O–H groups in total. The highest BCUT2D eigenvalue weighted by molar-refractivity contribution is 5.91. The van der Waals surface area contributed by atoms with E-state index in [9.17, 15) is 10.2 Å². The lowest BCUT2D eigenvalue weighted by molar-refractivity contribution is 0.0405. The van der Waals surface area contributed by atoms with E-state index >= 15 is 0 Å². The van der Waals surface area contributed by atoms with Crippen LogP contribution in [0.3, 0.4) is 0 Å². The van der Waals surface area contributed by atoms with Gasteiger partial charge in [0.25, 0.3) is 0 Å². The maximum absolute atomic E-state index is 10.3. The Labute approximate surface area is 125 Å². The number of hydrogen-bond donors (Lipinski definition) is 3. The number of nitrogens with two attached hydrogens (primary N) is 1. The van der Waals surface area contributed by atoms with Crippen molar-refractivity contribution in [2.75, 3.05) is 0 Å². The number of rotatable bonds is 2. The predicted octanol–water partition coefficient (Wildman–Crippen LogP) is 3.37. The van der Waals surface area contributed by atoms with Gasteiger partial charge in [-0.1, -0.05) is 51.1 Å². The van der Waals surface area contributed by atoms with E-state index in [1.165, 1.54) is 0 Å². The Morgan fingerprint density at radius 3 is 2.10 bits per heavy atom. The minimum Gasteiger partial charge on any atom is -0.507 e. The lowest BCUT2D eigenvalue weighted by atomic mass is 9.81. The van der Waals surface area contributed by atoms with Crippen LogP contribution < -0.4 is 5.73 Å². The molecule has 0 aromatic heterocycles. The first kappa shape index (κ1) is 16.8. The third kappa shape index (κ3) is 3.06. The summed E-state index contributed by atoms with van der Waals surface area (Å²) in [6.45, 7) is 5.88. The molecule has 0 saturated heterocycles. The first-order valence-electron chi connectivity index (χ1n) is 6.46. The molecule has 0 fully saturated rings. The molecule has 3 nitrogen and oxygen atoms in total. The van der Waals surface area contributed by atoms with E-state index in [1.54, 1.807) is 12.1 Å². The summed E-state index contributed by atoms with van der Waals surface area (Å²) in [5.74, 6) is 0.233. The van der Waals surface area contributed by atoms with Crippen molar-refractivity contribution in [3.63, 3.8) is 0 Å². The van der Waals surface area contributed by atoms with Crippen LogP contribution in [0.4, 0.5) is 0 Å². The smallest absolute Gasteiger partial charge is 0.123 e. The van der Waals surface area contributed by atoms with Gasteiger partial charge in [-0.2, -0.15) is 0 Å². The fraction of sp³-hybridized carbons (Fsp3) is 0.375. The third-order valence-corrected chi connectivity index (χ3v) is 3.52. The average molecular weight is 296 g/mol. The third-order valence-electron chi connectivity index (χ3n) is 3.52.